The third kappa shape index (κ3) is 1.51. The molecule has 60 valence electrons. The molecule has 0 aromatic heterocycles. The molecule has 0 heterocycles. The molecule has 1 heteroatoms. The first-order valence-electron chi connectivity index (χ1n) is 4.51. The molecule has 1 aliphatic carbocycles. The van der Waals surface area contributed by atoms with Crippen molar-refractivity contribution in [2.75, 3.05) is 0 Å². The molecule has 0 bridgehead atoms. The summed E-state index contributed by atoms with van der Waals surface area (Å²) in [5, 5.41) is 0. The molecule has 1 fully saturated rings. The molecule has 2 N–H and O–H groups in total. The molecule has 1 saturated carbocycles. The number of rotatable bonds is 3. The van der Waals surface area contributed by atoms with Crippen LogP contribution in [0.2, 0.25) is 0 Å². The van der Waals surface area contributed by atoms with E-state index < -0.39 is 0 Å². The van der Waals surface area contributed by atoms with E-state index >= 15 is 0 Å². The van der Waals surface area contributed by atoms with E-state index in [9.17, 15) is 0 Å². The first-order valence-corrected chi connectivity index (χ1v) is 4.51. The standard InChI is InChI=1S/C9H19N/c1-3-4-9(10)8-6-5-7(8)2/h7-9H,3-6,10H2,1-2H3. The van der Waals surface area contributed by atoms with E-state index in [2.05, 4.69) is 13.8 Å². The summed E-state index contributed by atoms with van der Waals surface area (Å²) < 4.78 is 0. The van der Waals surface area contributed by atoms with Crippen LogP contribution in [0.1, 0.15) is 39.5 Å². The molecular formula is C9H19N. The highest BCUT2D eigenvalue weighted by molar-refractivity contribution is 4.85. The van der Waals surface area contributed by atoms with Crippen molar-refractivity contribution in [3.05, 3.63) is 0 Å². The summed E-state index contributed by atoms with van der Waals surface area (Å²) in [6, 6.07) is 0.494. The van der Waals surface area contributed by atoms with Crippen molar-refractivity contribution in [1.29, 1.82) is 0 Å². The summed E-state index contributed by atoms with van der Waals surface area (Å²) in [4.78, 5) is 0. The van der Waals surface area contributed by atoms with Crippen LogP contribution in [0.3, 0.4) is 0 Å². The third-order valence-electron chi connectivity index (χ3n) is 2.86. The van der Waals surface area contributed by atoms with Crippen LogP contribution in [0.15, 0.2) is 0 Å². The lowest BCUT2D eigenvalue weighted by Crippen LogP contribution is -2.39. The fourth-order valence-corrected chi connectivity index (χ4v) is 1.88. The average molecular weight is 141 g/mol. The predicted molar refractivity (Wildman–Crippen MR) is 44.8 cm³/mol. The van der Waals surface area contributed by atoms with Gasteiger partial charge < -0.3 is 5.73 Å². The minimum absolute atomic E-state index is 0.494. The maximum absolute atomic E-state index is 5.98. The van der Waals surface area contributed by atoms with Crippen molar-refractivity contribution < 1.29 is 0 Å². The lowest BCUT2D eigenvalue weighted by atomic mass is 9.70. The van der Waals surface area contributed by atoms with Crippen molar-refractivity contribution in [2.24, 2.45) is 17.6 Å². The van der Waals surface area contributed by atoms with Gasteiger partial charge in [0.15, 0.2) is 0 Å². The van der Waals surface area contributed by atoms with Gasteiger partial charge in [-0.25, -0.2) is 0 Å². The maximum Gasteiger partial charge on any atom is 0.00696 e. The Morgan fingerprint density at radius 2 is 2.20 bits per heavy atom. The van der Waals surface area contributed by atoms with Crippen molar-refractivity contribution in [3.63, 3.8) is 0 Å². The molecule has 10 heavy (non-hydrogen) atoms. The molecule has 0 saturated heterocycles. The second-order valence-electron chi connectivity index (χ2n) is 3.67. The van der Waals surface area contributed by atoms with Gasteiger partial charge in [-0.15, -0.1) is 0 Å². The second kappa shape index (κ2) is 3.38. The zero-order valence-corrected chi connectivity index (χ0v) is 7.14. The minimum Gasteiger partial charge on any atom is -0.327 e. The van der Waals surface area contributed by atoms with Crippen LogP contribution in [0.4, 0.5) is 0 Å². The van der Waals surface area contributed by atoms with Crippen molar-refractivity contribution in [2.45, 2.75) is 45.6 Å². The molecule has 3 atom stereocenters. The predicted octanol–water partition coefficient (Wildman–Crippen LogP) is 2.16. The van der Waals surface area contributed by atoms with Crippen LogP contribution >= 0.6 is 0 Å². The molecule has 0 amide bonds. The van der Waals surface area contributed by atoms with Crippen LogP contribution in [0.5, 0.6) is 0 Å². The third-order valence-corrected chi connectivity index (χ3v) is 2.86. The van der Waals surface area contributed by atoms with E-state index in [1.165, 1.54) is 25.7 Å². The number of nitrogens with two attached hydrogens (primary N) is 1. The lowest BCUT2D eigenvalue weighted by Gasteiger charge is -2.38. The molecule has 1 rings (SSSR count). The molecule has 0 radical (unpaired) electrons. The highest BCUT2D eigenvalue weighted by Crippen LogP contribution is 2.36. The normalized spacial score (nSPS) is 35.1. The molecule has 0 aromatic rings. The zero-order chi connectivity index (χ0) is 7.56. The van der Waals surface area contributed by atoms with Crippen molar-refractivity contribution in [3.8, 4) is 0 Å². The largest absolute Gasteiger partial charge is 0.327 e. The highest BCUT2D eigenvalue weighted by Gasteiger charge is 2.30. The van der Waals surface area contributed by atoms with Gasteiger partial charge in [-0.2, -0.15) is 0 Å². The van der Waals surface area contributed by atoms with E-state index in [0.29, 0.717) is 6.04 Å². The van der Waals surface area contributed by atoms with Gasteiger partial charge in [0, 0.05) is 6.04 Å². The molecule has 0 spiro atoms. The fourth-order valence-electron chi connectivity index (χ4n) is 1.88. The zero-order valence-electron chi connectivity index (χ0n) is 7.14. The van der Waals surface area contributed by atoms with Crippen LogP contribution in [-0.4, -0.2) is 6.04 Å². The van der Waals surface area contributed by atoms with Gasteiger partial charge in [-0.1, -0.05) is 26.7 Å². The van der Waals surface area contributed by atoms with Gasteiger partial charge in [0.25, 0.3) is 0 Å². The molecule has 1 nitrogen and oxygen atoms in total. The summed E-state index contributed by atoms with van der Waals surface area (Å²) >= 11 is 0. The summed E-state index contributed by atoms with van der Waals surface area (Å²) in [5.74, 6) is 1.75. The quantitative estimate of drug-likeness (QED) is 0.640. The van der Waals surface area contributed by atoms with Crippen LogP contribution < -0.4 is 5.73 Å². The topological polar surface area (TPSA) is 26.0 Å². The fraction of sp³-hybridized carbons (Fsp3) is 1.00. The summed E-state index contributed by atoms with van der Waals surface area (Å²) in [5.41, 5.74) is 5.98. The minimum atomic E-state index is 0.494. The Morgan fingerprint density at radius 1 is 1.50 bits per heavy atom. The molecule has 3 unspecified atom stereocenters. The molecular weight excluding hydrogens is 122 g/mol. The second-order valence-corrected chi connectivity index (χ2v) is 3.67. The SMILES string of the molecule is CCCC(N)C1CCC1C. The van der Waals surface area contributed by atoms with E-state index in [1.54, 1.807) is 0 Å². The van der Waals surface area contributed by atoms with Gasteiger partial charge in [0.1, 0.15) is 0 Å². The van der Waals surface area contributed by atoms with Crippen LogP contribution in [-0.2, 0) is 0 Å². The van der Waals surface area contributed by atoms with E-state index in [-0.39, 0.29) is 0 Å². The lowest BCUT2D eigenvalue weighted by molar-refractivity contribution is 0.155. The van der Waals surface area contributed by atoms with Gasteiger partial charge >= 0.3 is 0 Å². The molecule has 0 aromatic carbocycles. The number of hydrogen-bond acceptors (Lipinski definition) is 1. The summed E-state index contributed by atoms with van der Waals surface area (Å²) in [6.45, 7) is 4.53. The Morgan fingerprint density at radius 3 is 2.50 bits per heavy atom. The van der Waals surface area contributed by atoms with Crippen LogP contribution in [0, 0.1) is 11.8 Å². The Bertz CT molecular complexity index is 101. The van der Waals surface area contributed by atoms with Crippen LogP contribution in [0.25, 0.3) is 0 Å². The monoisotopic (exact) mass is 141 g/mol. The maximum atomic E-state index is 5.98. The Labute approximate surface area is 64.0 Å². The van der Waals surface area contributed by atoms with Gasteiger partial charge in [-0.05, 0) is 24.7 Å². The Hall–Kier alpha value is -0.0400. The number of hydrogen-bond donors (Lipinski definition) is 1. The van der Waals surface area contributed by atoms with Gasteiger partial charge in [0.05, 0.1) is 0 Å². The van der Waals surface area contributed by atoms with Crippen molar-refractivity contribution in [1.82, 2.24) is 0 Å². The molecule has 1 aliphatic rings. The van der Waals surface area contributed by atoms with E-state index in [4.69, 9.17) is 5.73 Å². The highest BCUT2D eigenvalue weighted by atomic mass is 14.7. The molecule has 0 aliphatic heterocycles. The smallest absolute Gasteiger partial charge is 0.00696 e. The first-order chi connectivity index (χ1) is 4.75. The first kappa shape index (κ1) is 8.06. The summed E-state index contributed by atoms with van der Waals surface area (Å²) in [6.07, 6.45) is 5.24. The van der Waals surface area contributed by atoms with E-state index in [1.807, 2.05) is 0 Å². The Balaban J connectivity index is 2.20. The Kier molecular flexibility index (Phi) is 2.72. The van der Waals surface area contributed by atoms with Gasteiger partial charge in [-0.3, -0.25) is 0 Å². The average Bonchev–Trinajstić information content (AvgIpc) is 1.85. The van der Waals surface area contributed by atoms with E-state index in [0.717, 1.165) is 11.8 Å². The summed E-state index contributed by atoms with van der Waals surface area (Å²) in [7, 11) is 0. The van der Waals surface area contributed by atoms with Crippen molar-refractivity contribution >= 4 is 0 Å². The van der Waals surface area contributed by atoms with Gasteiger partial charge in [0.2, 0.25) is 0 Å².